The molecule has 2 aromatic rings. The van der Waals surface area contributed by atoms with E-state index in [4.69, 9.17) is 20.9 Å². The molecular weight excluding hydrogens is 304 g/mol. The number of carbonyl (C=O) groups excluding carboxylic acids is 1. The average Bonchev–Trinajstić information content (AvgIpc) is 3.04. The fourth-order valence-electron chi connectivity index (χ4n) is 2.70. The lowest BCUT2D eigenvalue weighted by Crippen LogP contribution is -2.37. The molecule has 0 aliphatic carbocycles. The van der Waals surface area contributed by atoms with Gasteiger partial charge in [-0.3, -0.25) is 4.79 Å². The largest absolute Gasteiger partial charge is 0.479 e. The van der Waals surface area contributed by atoms with E-state index in [1.807, 2.05) is 11.0 Å². The molecule has 116 valence electrons. The van der Waals surface area contributed by atoms with Crippen LogP contribution in [0.1, 0.15) is 34.9 Å². The van der Waals surface area contributed by atoms with Gasteiger partial charge in [-0.15, -0.1) is 0 Å². The number of methoxy groups -OCH3 is 1. The van der Waals surface area contributed by atoms with Gasteiger partial charge in [-0.05, 0) is 42.3 Å². The first-order valence-electron chi connectivity index (χ1n) is 7.23. The number of hydrogen-bond acceptors (Lipinski definition) is 4. The van der Waals surface area contributed by atoms with Gasteiger partial charge in [0.05, 0.1) is 7.11 Å². The molecule has 0 N–H and O–H groups in total. The molecule has 0 spiro atoms. The van der Waals surface area contributed by atoms with E-state index in [-0.39, 0.29) is 11.8 Å². The third-order valence-corrected chi connectivity index (χ3v) is 4.24. The molecule has 1 saturated heterocycles. The van der Waals surface area contributed by atoms with Crippen molar-refractivity contribution in [3.8, 4) is 5.88 Å². The summed E-state index contributed by atoms with van der Waals surface area (Å²) in [7, 11) is 1.56. The zero-order valence-electron chi connectivity index (χ0n) is 12.3. The second-order valence-electron chi connectivity index (χ2n) is 5.35. The lowest BCUT2D eigenvalue weighted by Gasteiger charge is -2.30. The predicted octanol–water partition coefficient (Wildman–Crippen LogP) is 3.36. The number of halogens is 1. The third kappa shape index (κ3) is 3.09. The molecule has 0 unspecified atom stereocenters. The zero-order chi connectivity index (χ0) is 15.5. The number of hydrogen-bond donors (Lipinski definition) is 0. The molecule has 0 radical (unpaired) electrons. The summed E-state index contributed by atoms with van der Waals surface area (Å²) in [4.78, 5) is 14.3. The summed E-state index contributed by atoms with van der Waals surface area (Å²) in [6.45, 7) is 1.41. The second-order valence-corrected chi connectivity index (χ2v) is 5.78. The average molecular weight is 321 g/mol. The predicted molar refractivity (Wildman–Crippen MR) is 82.4 cm³/mol. The summed E-state index contributed by atoms with van der Waals surface area (Å²) in [5.74, 6) is 1.65. The molecular formula is C16H17ClN2O3. The molecule has 22 heavy (non-hydrogen) atoms. The van der Waals surface area contributed by atoms with E-state index in [2.05, 4.69) is 5.16 Å². The van der Waals surface area contributed by atoms with Gasteiger partial charge < -0.3 is 14.2 Å². The molecule has 2 heterocycles. The van der Waals surface area contributed by atoms with Crippen molar-refractivity contribution in [1.29, 1.82) is 0 Å². The Morgan fingerprint density at radius 2 is 2.00 bits per heavy atom. The van der Waals surface area contributed by atoms with Crippen LogP contribution in [0.3, 0.4) is 0 Å². The lowest BCUT2D eigenvalue weighted by atomic mass is 9.94. The highest BCUT2D eigenvalue weighted by Gasteiger charge is 2.27. The number of carbonyl (C=O) groups is 1. The van der Waals surface area contributed by atoms with Crippen molar-refractivity contribution in [3.05, 3.63) is 46.7 Å². The second kappa shape index (κ2) is 6.40. The molecule has 5 nitrogen and oxygen atoms in total. The van der Waals surface area contributed by atoms with Crippen molar-refractivity contribution in [1.82, 2.24) is 10.1 Å². The van der Waals surface area contributed by atoms with Gasteiger partial charge in [-0.25, -0.2) is 0 Å². The first kappa shape index (κ1) is 14.9. The summed E-state index contributed by atoms with van der Waals surface area (Å²) >= 11 is 5.85. The lowest BCUT2D eigenvalue weighted by molar-refractivity contribution is 0.0706. The van der Waals surface area contributed by atoms with Crippen LogP contribution in [-0.4, -0.2) is 36.2 Å². The summed E-state index contributed by atoms with van der Waals surface area (Å²) in [5, 5.41) is 4.46. The standard InChI is InChI=1S/C16H17ClN2O3/c1-21-15-10-14(22-18-15)11-6-8-19(9-7-11)16(20)12-2-4-13(17)5-3-12/h2-5,10-11H,6-9H2,1H3. The van der Waals surface area contributed by atoms with E-state index in [0.29, 0.717) is 29.6 Å². The number of rotatable bonds is 3. The van der Waals surface area contributed by atoms with Gasteiger partial charge in [-0.2, -0.15) is 0 Å². The van der Waals surface area contributed by atoms with Crippen molar-refractivity contribution in [3.63, 3.8) is 0 Å². The van der Waals surface area contributed by atoms with Crippen LogP contribution in [0, 0.1) is 0 Å². The van der Waals surface area contributed by atoms with E-state index < -0.39 is 0 Å². The van der Waals surface area contributed by atoms with Crippen LogP contribution < -0.4 is 4.74 Å². The van der Waals surface area contributed by atoms with Gasteiger partial charge in [0, 0.05) is 35.7 Å². The van der Waals surface area contributed by atoms with Crippen LogP contribution in [0.5, 0.6) is 5.88 Å². The fourth-order valence-corrected chi connectivity index (χ4v) is 2.83. The Bertz CT molecular complexity index is 646. The van der Waals surface area contributed by atoms with E-state index in [1.54, 1.807) is 31.4 Å². The van der Waals surface area contributed by atoms with Crippen molar-refractivity contribution in [2.45, 2.75) is 18.8 Å². The number of ether oxygens (including phenoxy) is 1. The van der Waals surface area contributed by atoms with Crippen molar-refractivity contribution in [2.75, 3.05) is 20.2 Å². The smallest absolute Gasteiger partial charge is 0.254 e. The van der Waals surface area contributed by atoms with Gasteiger partial charge >= 0.3 is 0 Å². The molecule has 3 rings (SSSR count). The minimum atomic E-state index is 0.0465. The van der Waals surface area contributed by atoms with Crippen LogP contribution in [0.25, 0.3) is 0 Å². The molecule has 1 aliphatic rings. The Balaban J connectivity index is 1.61. The normalized spacial score (nSPS) is 15.8. The SMILES string of the molecule is COc1cc(C2CCN(C(=O)c3ccc(Cl)cc3)CC2)on1. The van der Waals surface area contributed by atoms with Gasteiger partial charge in [-0.1, -0.05) is 11.6 Å². The van der Waals surface area contributed by atoms with Crippen molar-refractivity contribution >= 4 is 17.5 Å². The van der Waals surface area contributed by atoms with Crippen molar-refractivity contribution in [2.24, 2.45) is 0 Å². The summed E-state index contributed by atoms with van der Waals surface area (Å²) in [5.41, 5.74) is 0.671. The molecule has 6 heteroatoms. The van der Waals surface area contributed by atoms with Crippen LogP contribution in [0.2, 0.25) is 5.02 Å². The number of aromatic nitrogens is 1. The molecule has 0 atom stereocenters. The summed E-state index contributed by atoms with van der Waals surface area (Å²) in [6, 6.07) is 8.82. The molecule has 1 aromatic heterocycles. The van der Waals surface area contributed by atoms with E-state index in [0.717, 1.165) is 18.6 Å². The van der Waals surface area contributed by atoms with Crippen LogP contribution in [0.4, 0.5) is 0 Å². The molecule has 0 saturated carbocycles. The number of likely N-dealkylation sites (tertiary alicyclic amines) is 1. The Morgan fingerprint density at radius 3 is 2.59 bits per heavy atom. The van der Waals surface area contributed by atoms with Gasteiger partial charge in [0.2, 0.25) is 0 Å². The number of benzene rings is 1. The minimum Gasteiger partial charge on any atom is -0.479 e. The Hall–Kier alpha value is -2.01. The first-order valence-corrected chi connectivity index (χ1v) is 7.60. The molecule has 1 aliphatic heterocycles. The minimum absolute atomic E-state index is 0.0465. The van der Waals surface area contributed by atoms with E-state index in [9.17, 15) is 4.79 Å². The molecule has 1 amide bonds. The highest BCUT2D eigenvalue weighted by Crippen LogP contribution is 2.30. The number of piperidine rings is 1. The maximum absolute atomic E-state index is 12.4. The first-order chi connectivity index (χ1) is 10.7. The Labute approximate surface area is 133 Å². The van der Waals surface area contributed by atoms with Crippen LogP contribution in [-0.2, 0) is 0 Å². The highest BCUT2D eigenvalue weighted by molar-refractivity contribution is 6.30. The van der Waals surface area contributed by atoms with Gasteiger partial charge in [0.15, 0.2) is 0 Å². The maximum Gasteiger partial charge on any atom is 0.254 e. The Kier molecular flexibility index (Phi) is 4.34. The Morgan fingerprint density at radius 1 is 1.32 bits per heavy atom. The molecule has 1 fully saturated rings. The van der Waals surface area contributed by atoms with Gasteiger partial charge in [0.25, 0.3) is 11.8 Å². The van der Waals surface area contributed by atoms with Crippen LogP contribution in [0.15, 0.2) is 34.9 Å². The third-order valence-electron chi connectivity index (χ3n) is 3.99. The van der Waals surface area contributed by atoms with Crippen molar-refractivity contribution < 1.29 is 14.1 Å². The number of amides is 1. The quantitative estimate of drug-likeness (QED) is 0.870. The maximum atomic E-state index is 12.4. The van der Waals surface area contributed by atoms with E-state index in [1.165, 1.54) is 0 Å². The summed E-state index contributed by atoms with van der Waals surface area (Å²) < 4.78 is 10.3. The summed E-state index contributed by atoms with van der Waals surface area (Å²) in [6.07, 6.45) is 1.72. The monoisotopic (exact) mass is 320 g/mol. The molecule has 1 aromatic carbocycles. The van der Waals surface area contributed by atoms with Gasteiger partial charge in [0.1, 0.15) is 5.76 Å². The van der Waals surface area contributed by atoms with Crippen LogP contribution >= 0.6 is 11.6 Å². The molecule has 0 bridgehead atoms. The highest BCUT2D eigenvalue weighted by atomic mass is 35.5. The number of nitrogens with zero attached hydrogens (tertiary/aromatic N) is 2. The van der Waals surface area contributed by atoms with E-state index >= 15 is 0 Å². The zero-order valence-corrected chi connectivity index (χ0v) is 13.0. The fraction of sp³-hybridized carbons (Fsp3) is 0.375. The topological polar surface area (TPSA) is 55.6 Å².